The van der Waals surface area contributed by atoms with Crippen molar-refractivity contribution in [2.45, 2.75) is 13.0 Å². The fraction of sp³-hybridized carbons (Fsp3) is 0.100. The number of fused-ring (bicyclic) bond motifs is 1. The van der Waals surface area contributed by atoms with Crippen molar-refractivity contribution in [3.05, 3.63) is 125 Å². The van der Waals surface area contributed by atoms with Crippen molar-refractivity contribution in [3.8, 4) is 6.07 Å². The second-order valence-electron chi connectivity index (χ2n) is 8.67. The van der Waals surface area contributed by atoms with Crippen LogP contribution in [0.1, 0.15) is 43.1 Å². The van der Waals surface area contributed by atoms with E-state index in [1.54, 1.807) is 33.8 Å². The summed E-state index contributed by atoms with van der Waals surface area (Å²) < 4.78 is 1.57. The van der Waals surface area contributed by atoms with E-state index in [0.29, 0.717) is 24.3 Å². The molecule has 37 heavy (non-hydrogen) atoms. The highest BCUT2D eigenvalue weighted by Gasteiger charge is 2.32. The van der Waals surface area contributed by atoms with Crippen molar-refractivity contribution in [1.82, 2.24) is 9.78 Å². The molecule has 0 unspecified atom stereocenters. The molecule has 1 aliphatic rings. The number of benzene rings is 3. The molecule has 0 bridgehead atoms. The van der Waals surface area contributed by atoms with Crippen molar-refractivity contribution in [2.24, 2.45) is 0 Å². The number of nitriles is 1. The zero-order chi connectivity index (χ0) is 25.8. The van der Waals surface area contributed by atoms with E-state index in [-0.39, 0.29) is 17.2 Å². The Morgan fingerprint density at radius 3 is 2.65 bits per heavy atom. The second kappa shape index (κ2) is 10.2. The van der Waals surface area contributed by atoms with Crippen molar-refractivity contribution in [1.29, 1.82) is 5.26 Å². The summed E-state index contributed by atoms with van der Waals surface area (Å²) in [7, 11) is 0. The van der Waals surface area contributed by atoms with Gasteiger partial charge in [-0.05, 0) is 59.5 Å². The van der Waals surface area contributed by atoms with Crippen LogP contribution in [0.3, 0.4) is 0 Å². The van der Waals surface area contributed by atoms with E-state index in [4.69, 9.17) is 5.26 Å². The predicted octanol–water partition coefficient (Wildman–Crippen LogP) is 5.06. The number of carbonyl (C=O) groups is 2. The fourth-order valence-electron chi connectivity index (χ4n) is 4.42. The summed E-state index contributed by atoms with van der Waals surface area (Å²) >= 11 is 0. The zero-order valence-corrected chi connectivity index (χ0v) is 20.0. The van der Waals surface area contributed by atoms with Crippen molar-refractivity contribution in [3.63, 3.8) is 0 Å². The Labute approximate surface area is 214 Å². The average molecular weight is 486 g/mol. The van der Waals surface area contributed by atoms with Gasteiger partial charge in [0, 0.05) is 17.9 Å². The minimum Gasteiger partial charge on any atom is -0.322 e. The normalized spacial score (nSPS) is 12.3. The third kappa shape index (κ3) is 4.96. The summed E-state index contributed by atoms with van der Waals surface area (Å²) in [5.74, 6) is -0.730. The number of anilines is 2. The van der Waals surface area contributed by atoms with Crippen molar-refractivity contribution >= 4 is 29.3 Å². The monoisotopic (exact) mass is 485 g/mol. The molecule has 0 saturated heterocycles. The minimum atomic E-state index is -0.449. The minimum absolute atomic E-state index is 0.196. The van der Waals surface area contributed by atoms with Crippen molar-refractivity contribution in [2.75, 3.05) is 16.8 Å². The highest BCUT2D eigenvalue weighted by molar-refractivity contribution is 6.15. The molecule has 2 heterocycles. The van der Waals surface area contributed by atoms with Gasteiger partial charge in [0.1, 0.15) is 5.69 Å². The molecule has 5 rings (SSSR count). The Hall–Kier alpha value is -5.18. The first-order chi connectivity index (χ1) is 18.1. The molecule has 7 nitrogen and oxygen atoms in total. The van der Waals surface area contributed by atoms with Crippen LogP contribution in [-0.4, -0.2) is 28.1 Å². The highest BCUT2D eigenvalue weighted by Crippen LogP contribution is 2.25. The zero-order valence-electron chi connectivity index (χ0n) is 20.0. The topological polar surface area (TPSA) is 91.0 Å². The molecule has 0 aliphatic carbocycles. The molecule has 7 heteroatoms. The van der Waals surface area contributed by atoms with Crippen LogP contribution < -0.4 is 10.2 Å². The molecule has 2 amide bonds. The summed E-state index contributed by atoms with van der Waals surface area (Å²) in [5.41, 5.74) is 8.26. The van der Waals surface area contributed by atoms with Crippen LogP contribution in [0, 0.1) is 11.3 Å². The van der Waals surface area contributed by atoms with Gasteiger partial charge in [0.2, 0.25) is 0 Å². The van der Waals surface area contributed by atoms with Crippen LogP contribution in [0.5, 0.6) is 0 Å². The maximum Gasteiger partial charge on any atom is 0.277 e. The van der Waals surface area contributed by atoms with E-state index in [2.05, 4.69) is 34.9 Å². The molecule has 0 saturated carbocycles. The quantitative estimate of drug-likeness (QED) is 0.387. The molecule has 0 fully saturated rings. The number of hydrogen-bond donors (Lipinski definition) is 1. The number of hydrogen-bond acceptors (Lipinski definition) is 4. The van der Waals surface area contributed by atoms with Crippen LogP contribution >= 0.6 is 0 Å². The fourth-order valence-corrected chi connectivity index (χ4v) is 4.42. The Bertz CT molecular complexity index is 1590. The predicted molar refractivity (Wildman–Crippen MR) is 142 cm³/mol. The lowest BCUT2D eigenvalue weighted by Crippen LogP contribution is -2.41. The summed E-state index contributed by atoms with van der Waals surface area (Å²) in [6.45, 7) is 4.56. The van der Waals surface area contributed by atoms with E-state index in [0.717, 1.165) is 23.2 Å². The molecule has 0 radical (unpaired) electrons. The SMILES string of the molecule is C=C=Cc1cccc(Cc2ccc(N3CCn4ncc(C(=O)Nc5cccc(C#N)c5)c4C3=O)cc2)c1. The molecule has 180 valence electrons. The van der Waals surface area contributed by atoms with Gasteiger partial charge in [-0.3, -0.25) is 14.3 Å². The maximum atomic E-state index is 13.5. The van der Waals surface area contributed by atoms with E-state index >= 15 is 0 Å². The molecular formula is C30H23N5O2. The van der Waals surface area contributed by atoms with Gasteiger partial charge >= 0.3 is 0 Å². The van der Waals surface area contributed by atoms with Crippen molar-refractivity contribution < 1.29 is 9.59 Å². The molecule has 4 aromatic rings. The largest absolute Gasteiger partial charge is 0.322 e. The number of aromatic nitrogens is 2. The van der Waals surface area contributed by atoms with Crippen LogP contribution in [-0.2, 0) is 13.0 Å². The summed E-state index contributed by atoms with van der Waals surface area (Å²) in [6.07, 6.45) is 4.02. The van der Waals surface area contributed by atoms with E-state index in [9.17, 15) is 9.59 Å². The van der Waals surface area contributed by atoms with Gasteiger partial charge in [-0.25, -0.2) is 0 Å². The van der Waals surface area contributed by atoms with Gasteiger partial charge < -0.3 is 10.2 Å². The van der Waals surface area contributed by atoms with Crippen LogP contribution in [0.25, 0.3) is 6.08 Å². The smallest absolute Gasteiger partial charge is 0.277 e. The maximum absolute atomic E-state index is 13.5. The number of carbonyl (C=O) groups excluding carboxylic acids is 2. The number of amides is 2. The van der Waals surface area contributed by atoms with Gasteiger partial charge in [-0.15, -0.1) is 5.73 Å². The Morgan fingerprint density at radius 1 is 1.05 bits per heavy atom. The molecule has 1 N–H and O–H groups in total. The van der Waals surface area contributed by atoms with Crippen LogP contribution in [0.15, 0.2) is 91.3 Å². The van der Waals surface area contributed by atoms with Crippen LogP contribution in [0.4, 0.5) is 11.4 Å². The third-order valence-electron chi connectivity index (χ3n) is 6.19. The van der Waals surface area contributed by atoms with E-state index in [1.807, 2.05) is 48.5 Å². The molecule has 0 spiro atoms. The standard InChI is InChI=1S/C30H23N5O2/c1-2-5-21-6-3-7-23(16-21)17-22-10-12-26(13-11-22)34-14-15-35-28(30(34)37)27(20-32-35)29(36)33-25-9-4-8-24(18-25)19-31/h3-13,16,18,20H,1,14-15,17H2,(H,33,36). The number of nitrogens with zero attached hydrogens (tertiary/aromatic N) is 4. The van der Waals surface area contributed by atoms with Crippen LogP contribution in [0.2, 0.25) is 0 Å². The molecule has 0 atom stereocenters. The first-order valence-corrected chi connectivity index (χ1v) is 11.8. The lowest BCUT2D eigenvalue weighted by molar-refractivity contribution is 0.0947. The summed E-state index contributed by atoms with van der Waals surface area (Å²) in [5, 5.41) is 16.1. The number of nitrogens with one attached hydrogen (secondary N) is 1. The van der Waals surface area contributed by atoms with Gasteiger partial charge in [-0.2, -0.15) is 10.4 Å². The average Bonchev–Trinajstić information content (AvgIpc) is 3.35. The molecular weight excluding hydrogens is 462 g/mol. The Kier molecular flexibility index (Phi) is 6.50. The highest BCUT2D eigenvalue weighted by atomic mass is 16.2. The van der Waals surface area contributed by atoms with Gasteiger partial charge in [0.05, 0.1) is 29.9 Å². The second-order valence-corrected chi connectivity index (χ2v) is 8.67. The van der Waals surface area contributed by atoms with E-state index < -0.39 is 5.91 Å². The van der Waals surface area contributed by atoms with Gasteiger partial charge in [0.25, 0.3) is 11.8 Å². The lowest BCUT2D eigenvalue weighted by Gasteiger charge is -2.28. The summed E-state index contributed by atoms with van der Waals surface area (Å²) in [4.78, 5) is 28.1. The molecule has 1 aromatic heterocycles. The first kappa shape index (κ1) is 23.6. The summed E-state index contributed by atoms with van der Waals surface area (Å²) in [6, 6.07) is 24.7. The lowest BCUT2D eigenvalue weighted by atomic mass is 10.0. The molecule has 3 aromatic carbocycles. The molecule has 1 aliphatic heterocycles. The number of rotatable bonds is 6. The first-order valence-electron chi connectivity index (χ1n) is 11.8. The Balaban J connectivity index is 1.33. The third-order valence-corrected chi connectivity index (χ3v) is 6.19. The van der Waals surface area contributed by atoms with Gasteiger partial charge in [-0.1, -0.05) is 49.0 Å². The van der Waals surface area contributed by atoms with E-state index in [1.165, 1.54) is 11.8 Å². The van der Waals surface area contributed by atoms with Gasteiger partial charge in [0.15, 0.2) is 0 Å². The Morgan fingerprint density at radius 2 is 1.86 bits per heavy atom.